The number of nitrogens with one attached hydrogen (secondary N) is 1. The van der Waals surface area contributed by atoms with Crippen LogP contribution in [0.3, 0.4) is 0 Å². The molecule has 1 aliphatic heterocycles. The maximum absolute atomic E-state index is 13.3. The molecule has 1 heterocycles. The first-order chi connectivity index (χ1) is 14.7. The second-order valence-corrected chi connectivity index (χ2v) is 8.96. The highest BCUT2D eigenvalue weighted by Crippen LogP contribution is 2.42. The van der Waals surface area contributed by atoms with E-state index in [1.807, 2.05) is 48.5 Å². The monoisotopic (exact) mass is 426 g/mol. The van der Waals surface area contributed by atoms with Gasteiger partial charge in [-0.05, 0) is 87.2 Å². The lowest BCUT2D eigenvalue weighted by Gasteiger charge is -2.28. The second kappa shape index (κ2) is 9.84. The molecule has 1 saturated heterocycles. The number of carbonyl (C=O) groups is 1. The number of carbonyl (C=O) groups excluding carboxylic acids is 1. The first-order valence-electron chi connectivity index (χ1n) is 11.2. The number of hydrogen-bond donors (Lipinski definition) is 1. The summed E-state index contributed by atoms with van der Waals surface area (Å²) in [6.07, 6.45) is 7.58. The Kier molecular flexibility index (Phi) is 6.96. The van der Waals surface area contributed by atoms with Crippen LogP contribution in [0.1, 0.15) is 50.5 Å². The van der Waals surface area contributed by atoms with Crippen molar-refractivity contribution in [2.45, 2.75) is 50.4 Å². The van der Waals surface area contributed by atoms with Crippen LogP contribution in [0.5, 0.6) is 5.75 Å². The number of anilines is 1. The maximum Gasteiger partial charge on any atom is 0.235 e. The zero-order valence-corrected chi connectivity index (χ0v) is 18.3. The molecule has 1 aliphatic carbocycles. The van der Waals surface area contributed by atoms with Gasteiger partial charge in [-0.2, -0.15) is 0 Å². The van der Waals surface area contributed by atoms with Crippen molar-refractivity contribution in [2.75, 3.05) is 31.6 Å². The van der Waals surface area contributed by atoms with E-state index in [2.05, 4.69) is 10.2 Å². The van der Waals surface area contributed by atoms with E-state index >= 15 is 0 Å². The lowest BCUT2D eigenvalue weighted by molar-refractivity contribution is -0.121. The molecule has 0 spiro atoms. The quantitative estimate of drug-likeness (QED) is 0.554. The van der Waals surface area contributed by atoms with Gasteiger partial charge in [0.05, 0.1) is 12.0 Å². The fraction of sp³-hybridized carbons (Fsp3) is 0.480. The van der Waals surface area contributed by atoms with Crippen molar-refractivity contribution in [1.82, 2.24) is 4.90 Å². The van der Waals surface area contributed by atoms with Crippen molar-refractivity contribution in [3.8, 4) is 5.75 Å². The molecule has 0 aromatic heterocycles. The lowest BCUT2D eigenvalue weighted by Crippen LogP contribution is -2.37. The minimum absolute atomic E-state index is 0.0709. The molecule has 2 aromatic rings. The normalized spacial score (nSPS) is 18.4. The smallest absolute Gasteiger partial charge is 0.235 e. The van der Waals surface area contributed by atoms with Crippen LogP contribution < -0.4 is 10.1 Å². The summed E-state index contributed by atoms with van der Waals surface area (Å²) in [4.78, 5) is 15.8. The molecule has 2 aliphatic rings. The van der Waals surface area contributed by atoms with E-state index in [4.69, 9.17) is 16.3 Å². The molecule has 1 saturated carbocycles. The van der Waals surface area contributed by atoms with E-state index in [1.165, 1.54) is 25.9 Å². The molecule has 160 valence electrons. The summed E-state index contributed by atoms with van der Waals surface area (Å²) in [5.74, 6) is 0.921. The highest BCUT2D eigenvalue weighted by molar-refractivity contribution is 6.30. The van der Waals surface area contributed by atoms with Crippen LogP contribution >= 0.6 is 11.6 Å². The van der Waals surface area contributed by atoms with Crippen molar-refractivity contribution in [2.24, 2.45) is 0 Å². The SMILES string of the molecule is O=C(Nc1ccc(OCCCN2CCCC2)cc1)C1(c2ccc(Cl)cc2)CCCC1. The minimum Gasteiger partial charge on any atom is -0.494 e. The largest absolute Gasteiger partial charge is 0.494 e. The van der Waals surface area contributed by atoms with Gasteiger partial charge < -0.3 is 15.0 Å². The standard InChI is InChI=1S/C25H31ClN2O2/c26-21-8-6-20(7-9-21)25(14-1-2-15-25)24(29)27-22-10-12-23(13-11-22)30-19-5-18-28-16-3-4-17-28/h6-13H,1-5,14-19H2,(H,27,29). The minimum atomic E-state index is -0.463. The van der Waals surface area contributed by atoms with E-state index < -0.39 is 5.41 Å². The summed E-state index contributed by atoms with van der Waals surface area (Å²) in [5.41, 5.74) is 1.40. The Hall–Kier alpha value is -2.04. The number of ether oxygens (including phenoxy) is 1. The zero-order chi connectivity index (χ0) is 20.8. The Bertz CT molecular complexity index is 823. The third-order valence-electron chi connectivity index (χ3n) is 6.49. The van der Waals surface area contributed by atoms with Crippen LogP contribution in [0.15, 0.2) is 48.5 Å². The Labute approximate surface area is 184 Å². The molecule has 0 atom stereocenters. The number of nitrogens with zero attached hydrogens (tertiary/aromatic N) is 1. The van der Waals surface area contributed by atoms with Crippen LogP contribution in [-0.4, -0.2) is 37.0 Å². The third kappa shape index (κ3) is 4.98. The highest BCUT2D eigenvalue weighted by atomic mass is 35.5. The van der Waals surface area contributed by atoms with Gasteiger partial charge in [-0.25, -0.2) is 0 Å². The summed E-state index contributed by atoms with van der Waals surface area (Å²) in [5, 5.41) is 3.83. The summed E-state index contributed by atoms with van der Waals surface area (Å²) >= 11 is 6.05. The Morgan fingerprint density at radius 3 is 2.30 bits per heavy atom. The van der Waals surface area contributed by atoms with Gasteiger partial charge in [0.25, 0.3) is 0 Å². The maximum atomic E-state index is 13.3. The Balaban J connectivity index is 1.32. The fourth-order valence-corrected chi connectivity index (χ4v) is 4.89. The number of amides is 1. The van der Waals surface area contributed by atoms with E-state index in [-0.39, 0.29) is 5.91 Å². The van der Waals surface area contributed by atoms with E-state index in [0.717, 1.165) is 62.3 Å². The van der Waals surface area contributed by atoms with Gasteiger partial charge in [-0.15, -0.1) is 0 Å². The van der Waals surface area contributed by atoms with E-state index in [9.17, 15) is 4.79 Å². The number of halogens is 1. The van der Waals surface area contributed by atoms with Crippen molar-refractivity contribution < 1.29 is 9.53 Å². The second-order valence-electron chi connectivity index (χ2n) is 8.53. The van der Waals surface area contributed by atoms with Gasteiger partial charge in [-0.3, -0.25) is 4.79 Å². The molecule has 2 aromatic carbocycles. The number of benzene rings is 2. The highest BCUT2D eigenvalue weighted by Gasteiger charge is 2.42. The number of likely N-dealkylation sites (tertiary alicyclic amines) is 1. The van der Waals surface area contributed by atoms with Crippen LogP contribution in [0.25, 0.3) is 0 Å². The van der Waals surface area contributed by atoms with Crippen molar-refractivity contribution in [1.29, 1.82) is 0 Å². The van der Waals surface area contributed by atoms with Crippen LogP contribution in [0.4, 0.5) is 5.69 Å². The molecule has 0 unspecified atom stereocenters. The van der Waals surface area contributed by atoms with E-state index in [0.29, 0.717) is 5.02 Å². The molecule has 5 heteroatoms. The van der Waals surface area contributed by atoms with Crippen molar-refractivity contribution in [3.63, 3.8) is 0 Å². The Morgan fingerprint density at radius 2 is 1.63 bits per heavy atom. The molecule has 1 N–H and O–H groups in total. The topological polar surface area (TPSA) is 41.6 Å². The average molecular weight is 427 g/mol. The van der Waals surface area contributed by atoms with Crippen LogP contribution in [0, 0.1) is 0 Å². The third-order valence-corrected chi connectivity index (χ3v) is 6.74. The van der Waals surface area contributed by atoms with Gasteiger partial charge in [0.1, 0.15) is 5.75 Å². The van der Waals surface area contributed by atoms with Gasteiger partial charge in [0.2, 0.25) is 5.91 Å². The summed E-state index contributed by atoms with van der Waals surface area (Å²) in [6.45, 7) is 4.29. The predicted molar refractivity (Wildman–Crippen MR) is 122 cm³/mol. The van der Waals surface area contributed by atoms with Gasteiger partial charge >= 0.3 is 0 Å². The van der Waals surface area contributed by atoms with Gasteiger partial charge in [0.15, 0.2) is 0 Å². The summed E-state index contributed by atoms with van der Waals surface area (Å²) in [6, 6.07) is 15.5. The van der Waals surface area contributed by atoms with Gasteiger partial charge in [-0.1, -0.05) is 36.6 Å². The molecular formula is C25H31ClN2O2. The molecule has 30 heavy (non-hydrogen) atoms. The Morgan fingerprint density at radius 1 is 0.967 bits per heavy atom. The van der Waals surface area contributed by atoms with E-state index in [1.54, 1.807) is 0 Å². The van der Waals surface area contributed by atoms with Crippen molar-refractivity contribution in [3.05, 3.63) is 59.1 Å². The van der Waals surface area contributed by atoms with Crippen LogP contribution in [-0.2, 0) is 10.2 Å². The molecule has 0 bridgehead atoms. The first-order valence-corrected chi connectivity index (χ1v) is 11.6. The van der Waals surface area contributed by atoms with Crippen molar-refractivity contribution >= 4 is 23.2 Å². The zero-order valence-electron chi connectivity index (χ0n) is 17.5. The predicted octanol–water partition coefficient (Wildman–Crippen LogP) is 5.66. The molecule has 4 nitrogen and oxygen atoms in total. The molecule has 1 amide bonds. The van der Waals surface area contributed by atoms with Crippen LogP contribution in [0.2, 0.25) is 5.02 Å². The van der Waals surface area contributed by atoms with Gasteiger partial charge in [0, 0.05) is 17.3 Å². The molecular weight excluding hydrogens is 396 g/mol. The number of hydrogen-bond acceptors (Lipinski definition) is 3. The first kappa shape index (κ1) is 21.2. The fourth-order valence-electron chi connectivity index (χ4n) is 4.76. The summed E-state index contributed by atoms with van der Waals surface area (Å²) < 4.78 is 5.87. The molecule has 2 fully saturated rings. The molecule has 0 radical (unpaired) electrons. The summed E-state index contributed by atoms with van der Waals surface area (Å²) in [7, 11) is 0. The average Bonchev–Trinajstić information content (AvgIpc) is 3.46. The molecule has 4 rings (SSSR count). The lowest BCUT2D eigenvalue weighted by atomic mass is 9.78. The number of rotatable bonds is 8.